The molecule has 1 N–H and O–H groups in total. The third kappa shape index (κ3) is 6.97. The lowest BCUT2D eigenvalue weighted by Gasteiger charge is -2.40. The molecule has 9 rings (SSSR count). The van der Waals surface area contributed by atoms with Crippen molar-refractivity contribution >= 4 is 28.8 Å². The van der Waals surface area contributed by atoms with Gasteiger partial charge in [-0.2, -0.15) is 0 Å². The van der Waals surface area contributed by atoms with Gasteiger partial charge in [0.1, 0.15) is 28.9 Å². The Morgan fingerprint density at radius 3 is 2.18 bits per heavy atom. The van der Waals surface area contributed by atoms with Crippen molar-refractivity contribution in [1.29, 1.82) is 0 Å². The Kier molecular flexibility index (Phi) is 9.86. The molecule has 4 aromatic carbocycles. The number of hydrogen-bond acceptors (Lipinski definition) is 7. The van der Waals surface area contributed by atoms with E-state index >= 15 is 8.78 Å². The van der Waals surface area contributed by atoms with Gasteiger partial charge >= 0.3 is 0 Å². The maximum atomic E-state index is 16.1. The van der Waals surface area contributed by atoms with Gasteiger partial charge in [0.2, 0.25) is 0 Å². The number of rotatable bonds is 7. The second kappa shape index (κ2) is 15.1. The Bertz CT molecular complexity index is 2140. The van der Waals surface area contributed by atoms with E-state index in [2.05, 4.69) is 28.0 Å². The van der Waals surface area contributed by atoms with Crippen LogP contribution in [0, 0.1) is 17.6 Å². The lowest BCUT2D eigenvalue weighted by Crippen LogP contribution is -2.49. The third-order valence-corrected chi connectivity index (χ3v) is 13.1. The van der Waals surface area contributed by atoms with Crippen LogP contribution in [0.4, 0.5) is 20.2 Å². The molecule has 1 amide bonds. The van der Waals surface area contributed by atoms with Gasteiger partial charge in [0, 0.05) is 75.9 Å². The summed E-state index contributed by atoms with van der Waals surface area (Å²) in [6, 6.07) is 24.1. The lowest BCUT2D eigenvalue weighted by molar-refractivity contribution is -0.133. The number of amides is 1. The number of nitrogens with zero attached hydrogens (tertiary/aromatic N) is 4. The molecule has 2 saturated heterocycles. The molecule has 56 heavy (non-hydrogen) atoms. The van der Waals surface area contributed by atoms with Crippen LogP contribution in [-0.4, -0.2) is 84.2 Å². The molecule has 0 bridgehead atoms. The SMILES string of the molecule is O=C1CCC(N2Cc3cc(N4CCN(CC5CCN(c6c(F)cc([C@@H]7c8ccc(O)cc8CC[C@@H]7c7ccccc7)cc6F)CC5)CC4)ccc3C2=O)C(=O)C1. The van der Waals surface area contributed by atoms with Crippen LogP contribution in [0.25, 0.3) is 0 Å². The van der Waals surface area contributed by atoms with Crippen LogP contribution in [0.15, 0.2) is 78.9 Å². The minimum Gasteiger partial charge on any atom is -0.508 e. The number of aromatic hydroxyl groups is 1. The van der Waals surface area contributed by atoms with E-state index in [4.69, 9.17) is 0 Å². The Labute approximate surface area is 326 Å². The lowest BCUT2D eigenvalue weighted by atomic mass is 9.69. The molecule has 290 valence electrons. The fourth-order valence-electron chi connectivity index (χ4n) is 10.2. The fourth-order valence-corrected chi connectivity index (χ4v) is 10.2. The van der Waals surface area contributed by atoms with Crippen LogP contribution in [0.5, 0.6) is 5.75 Å². The highest BCUT2D eigenvalue weighted by atomic mass is 19.1. The first-order chi connectivity index (χ1) is 27.2. The van der Waals surface area contributed by atoms with E-state index in [1.165, 1.54) is 0 Å². The summed E-state index contributed by atoms with van der Waals surface area (Å²) in [6.07, 6.45) is 4.02. The van der Waals surface area contributed by atoms with Crippen LogP contribution in [-0.2, 0) is 22.6 Å². The predicted octanol–water partition coefficient (Wildman–Crippen LogP) is 7.22. The first-order valence-electron chi connectivity index (χ1n) is 20.3. The van der Waals surface area contributed by atoms with Gasteiger partial charge in [0.05, 0.1) is 12.5 Å². The van der Waals surface area contributed by atoms with E-state index in [-0.39, 0.29) is 47.2 Å². The van der Waals surface area contributed by atoms with Crippen molar-refractivity contribution in [3.05, 3.63) is 124 Å². The topological polar surface area (TPSA) is 84.4 Å². The highest BCUT2D eigenvalue weighted by molar-refractivity contribution is 6.07. The molecule has 3 atom stereocenters. The van der Waals surface area contributed by atoms with E-state index in [1.807, 2.05) is 41.3 Å². The van der Waals surface area contributed by atoms with Crippen molar-refractivity contribution in [2.24, 2.45) is 5.92 Å². The monoisotopic (exact) mass is 758 g/mol. The maximum absolute atomic E-state index is 16.1. The Hall–Kier alpha value is -5.09. The molecule has 0 spiro atoms. The van der Waals surface area contributed by atoms with E-state index < -0.39 is 17.7 Å². The number of piperidine rings is 1. The number of hydrogen-bond donors (Lipinski definition) is 1. The van der Waals surface area contributed by atoms with E-state index in [0.29, 0.717) is 49.5 Å². The van der Waals surface area contributed by atoms with Crippen molar-refractivity contribution < 1.29 is 28.3 Å². The predicted molar refractivity (Wildman–Crippen MR) is 211 cm³/mol. The third-order valence-electron chi connectivity index (χ3n) is 13.1. The van der Waals surface area contributed by atoms with Gasteiger partial charge in [-0.3, -0.25) is 19.3 Å². The minimum absolute atomic E-state index is 0.0438. The summed E-state index contributed by atoms with van der Waals surface area (Å²) in [5.41, 5.74) is 6.54. The van der Waals surface area contributed by atoms with Crippen molar-refractivity contribution in [1.82, 2.24) is 9.80 Å². The van der Waals surface area contributed by atoms with Gasteiger partial charge in [-0.15, -0.1) is 0 Å². The van der Waals surface area contributed by atoms with Crippen molar-refractivity contribution in [2.75, 3.05) is 55.6 Å². The van der Waals surface area contributed by atoms with Crippen molar-refractivity contribution in [3.8, 4) is 5.75 Å². The first kappa shape index (κ1) is 36.5. The van der Waals surface area contributed by atoms with Crippen LogP contribution in [0.3, 0.4) is 0 Å². The zero-order valence-corrected chi connectivity index (χ0v) is 31.6. The molecule has 3 heterocycles. The van der Waals surface area contributed by atoms with Crippen molar-refractivity contribution in [3.63, 3.8) is 0 Å². The molecule has 4 aromatic rings. The number of phenolic OH excluding ortho intramolecular Hbond substituents is 1. The maximum Gasteiger partial charge on any atom is 0.255 e. The molecule has 1 unspecified atom stereocenters. The smallest absolute Gasteiger partial charge is 0.255 e. The Morgan fingerprint density at radius 2 is 1.45 bits per heavy atom. The Morgan fingerprint density at radius 1 is 0.696 bits per heavy atom. The minimum atomic E-state index is -0.519. The number of fused-ring (bicyclic) bond motifs is 2. The number of carbonyl (C=O) groups is 3. The number of anilines is 2. The van der Waals surface area contributed by atoms with Crippen LogP contribution >= 0.6 is 0 Å². The molecular weight excluding hydrogens is 711 g/mol. The summed E-state index contributed by atoms with van der Waals surface area (Å²) < 4.78 is 32.2. The zero-order valence-electron chi connectivity index (χ0n) is 31.6. The highest BCUT2D eigenvalue weighted by Gasteiger charge is 2.39. The molecule has 5 aliphatic rings. The number of phenols is 1. The normalized spacial score (nSPS) is 23.4. The van der Waals surface area contributed by atoms with Crippen LogP contribution in [0.2, 0.25) is 0 Å². The highest BCUT2D eigenvalue weighted by Crippen LogP contribution is 2.48. The summed E-state index contributed by atoms with van der Waals surface area (Å²) in [4.78, 5) is 45.9. The number of Topliss-reactive ketones (excluding diaryl/α,β-unsaturated/α-hetero) is 2. The number of benzene rings is 4. The summed E-state index contributed by atoms with van der Waals surface area (Å²) in [7, 11) is 0. The van der Waals surface area contributed by atoms with Gasteiger partial charge in [0.25, 0.3) is 5.91 Å². The Balaban J connectivity index is 0.810. The van der Waals surface area contributed by atoms with Crippen molar-refractivity contribution in [2.45, 2.75) is 69.4 Å². The van der Waals surface area contributed by atoms with Gasteiger partial charge < -0.3 is 19.8 Å². The summed E-state index contributed by atoms with van der Waals surface area (Å²) >= 11 is 0. The van der Waals surface area contributed by atoms with Gasteiger partial charge in [-0.05, 0) is 114 Å². The molecule has 0 radical (unpaired) electrons. The van der Waals surface area contributed by atoms with Gasteiger partial charge in [-0.25, -0.2) is 8.78 Å². The molecule has 1 saturated carbocycles. The first-order valence-corrected chi connectivity index (χ1v) is 20.3. The number of piperazine rings is 1. The number of aryl methyl sites for hydroxylation is 1. The van der Waals surface area contributed by atoms with E-state index in [9.17, 15) is 19.5 Å². The van der Waals surface area contributed by atoms with E-state index in [1.54, 1.807) is 29.2 Å². The van der Waals surface area contributed by atoms with Gasteiger partial charge in [0.15, 0.2) is 5.78 Å². The van der Waals surface area contributed by atoms with E-state index in [0.717, 1.165) is 86.3 Å². The standard InChI is InChI=1S/C46H48F2N4O4/c47-40-24-32(44-37(30-4-2-1-3-5-30)10-6-31-23-35(53)8-12-38(31)44)25-41(48)45(40)51-16-14-29(15-17-51)27-49-18-20-50(21-19-49)34-7-11-39-33(22-34)28-52(46(39)56)42-13-9-36(54)26-43(42)55/h1-5,7-8,11-12,22-25,29,37,42,44,53H,6,9-10,13-21,26-28H2/t37-,42?,44+/m1/s1. The molecule has 10 heteroatoms. The zero-order chi connectivity index (χ0) is 38.5. The summed E-state index contributed by atoms with van der Waals surface area (Å²) in [5.74, 6) is -0.867. The second-order valence-corrected chi connectivity index (χ2v) is 16.5. The largest absolute Gasteiger partial charge is 0.508 e. The molecule has 8 nitrogen and oxygen atoms in total. The fraction of sp³-hybridized carbons (Fsp3) is 0.413. The number of halogens is 2. The average Bonchev–Trinajstić information content (AvgIpc) is 3.53. The average molecular weight is 759 g/mol. The van der Waals surface area contributed by atoms with Gasteiger partial charge in [-0.1, -0.05) is 36.4 Å². The van der Waals surface area contributed by atoms with Crippen LogP contribution < -0.4 is 9.80 Å². The molecule has 2 aliphatic carbocycles. The summed E-state index contributed by atoms with van der Waals surface area (Å²) in [6.45, 7) is 6.09. The molecular formula is C46H48F2N4O4. The number of carbonyl (C=O) groups excluding carboxylic acids is 3. The summed E-state index contributed by atoms with van der Waals surface area (Å²) in [5, 5.41) is 10.2. The second-order valence-electron chi connectivity index (χ2n) is 16.5. The van der Waals surface area contributed by atoms with Crippen LogP contribution in [0.1, 0.15) is 88.5 Å². The molecule has 0 aromatic heterocycles. The number of ketones is 2. The molecule has 3 fully saturated rings. The molecule has 3 aliphatic heterocycles. The quantitative estimate of drug-likeness (QED) is 0.200.